The van der Waals surface area contributed by atoms with Gasteiger partial charge in [0.05, 0.1) is 4.92 Å². The second-order valence-electron chi connectivity index (χ2n) is 4.84. The molecule has 1 aromatic heterocycles. The molecule has 1 atom stereocenters. The largest absolute Gasteiger partial charge is 0.363 e. The Balaban J connectivity index is 2.08. The van der Waals surface area contributed by atoms with Crippen molar-refractivity contribution in [2.45, 2.75) is 25.3 Å². The maximum Gasteiger partial charge on any atom is 0.329 e. The number of nitrogens with two attached hydrogens (primary N) is 1. The predicted octanol–water partition coefficient (Wildman–Crippen LogP) is 0.567. The summed E-state index contributed by atoms with van der Waals surface area (Å²) in [5.74, 6) is 5.56. The Bertz CT molecular complexity index is 482. The van der Waals surface area contributed by atoms with Gasteiger partial charge in [-0.3, -0.25) is 15.5 Å². The molecule has 1 aliphatic rings. The van der Waals surface area contributed by atoms with E-state index < -0.39 is 4.92 Å². The van der Waals surface area contributed by atoms with Gasteiger partial charge in [0.1, 0.15) is 6.20 Å². The van der Waals surface area contributed by atoms with E-state index in [1.165, 1.54) is 12.8 Å². The number of nitrogens with zero attached hydrogens (tertiary/aromatic N) is 4. The van der Waals surface area contributed by atoms with Crippen LogP contribution in [-0.4, -0.2) is 46.0 Å². The van der Waals surface area contributed by atoms with Gasteiger partial charge in [-0.25, -0.2) is 10.8 Å². The first kappa shape index (κ1) is 14.4. The number of aromatic nitrogens is 2. The number of rotatable bonds is 5. The summed E-state index contributed by atoms with van der Waals surface area (Å²) in [6.45, 7) is 1.66. The van der Waals surface area contributed by atoms with Crippen LogP contribution in [0.1, 0.15) is 19.3 Å². The number of nitrogens with one attached hydrogen (secondary N) is 2. The van der Waals surface area contributed by atoms with Crippen LogP contribution in [0.4, 0.5) is 17.5 Å². The van der Waals surface area contributed by atoms with Gasteiger partial charge < -0.3 is 10.2 Å². The number of nitro groups is 1. The Morgan fingerprint density at radius 3 is 3.05 bits per heavy atom. The first-order valence-corrected chi connectivity index (χ1v) is 6.54. The molecule has 1 aliphatic heterocycles. The number of piperidine rings is 1. The summed E-state index contributed by atoms with van der Waals surface area (Å²) >= 11 is 0. The van der Waals surface area contributed by atoms with E-state index in [9.17, 15) is 10.1 Å². The molecule has 0 aliphatic carbocycles. The van der Waals surface area contributed by atoms with Gasteiger partial charge in [0, 0.05) is 12.6 Å². The van der Waals surface area contributed by atoms with Gasteiger partial charge in [-0.2, -0.15) is 4.98 Å². The summed E-state index contributed by atoms with van der Waals surface area (Å²) in [5, 5.41) is 14.0. The summed E-state index contributed by atoms with van der Waals surface area (Å²) in [6, 6.07) is 0.354. The van der Waals surface area contributed by atoms with Crippen molar-refractivity contribution in [1.29, 1.82) is 0 Å². The minimum absolute atomic E-state index is 0.148. The summed E-state index contributed by atoms with van der Waals surface area (Å²) in [4.78, 5) is 20.5. The average molecular weight is 281 g/mol. The monoisotopic (exact) mass is 281 g/mol. The molecule has 2 heterocycles. The van der Waals surface area contributed by atoms with Crippen LogP contribution in [0.5, 0.6) is 0 Å². The highest BCUT2D eigenvalue weighted by molar-refractivity contribution is 5.56. The summed E-state index contributed by atoms with van der Waals surface area (Å²) in [5.41, 5.74) is 2.13. The highest BCUT2D eigenvalue weighted by Gasteiger charge is 2.22. The van der Waals surface area contributed by atoms with Crippen molar-refractivity contribution in [1.82, 2.24) is 14.9 Å². The fourth-order valence-electron chi connectivity index (χ4n) is 2.33. The highest BCUT2D eigenvalue weighted by atomic mass is 16.6. The smallest absolute Gasteiger partial charge is 0.329 e. The number of hydrogen-bond acceptors (Lipinski definition) is 8. The third kappa shape index (κ3) is 3.31. The lowest BCUT2D eigenvalue weighted by molar-refractivity contribution is -0.384. The van der Waals surface area contributed by atoms with Crippen LogP contribution in [0.2, 0.25) is 0 Å². The Labute approximate surface area is 116 Å². The van der Waals surface area contributed by atoms with Crippen molar-refractivity contribution < 1.29 is 4.92 Å². The number of likely N-dealkylation sites (N-methyl/N-ethyl adjacent to an activating group) is 1. The van der Waals surface area contributed by atoms with Crippen LogP contribution in [0.25, 0.3) is 0 Å². The number of hydrogen-bond donors (Lipinski definition) is 3. The lowest BCUT2D eigenvalue weighted by Gasteiger charge is -2.32. The third-order valence-corrected chi connectivity index (χ3v) is 3.52. The molecule has 110 valence electrons. The fourth-order valence-corrected chi connectivity index (χ4v) is 2.33. The first-order chi connectivity index (χ1) is 9.61. The summed E-state index contributed by atoms with van der Waals surface area (Å²) in [7, 11) is 2.06. The topological polar surface area (TPSA) is 122 Å². The minimum atomic E-state index is -0.507. The van der Waals surface area contributed by atoms with E-state index in [0.717, 1.165) is 19.2 Å². The summed E-state index contributed by atoms with van der Waals surface area (Å²) in [6.07, 6.45) is 4.60. The first-order valence-electron chi connectivity index (χ1n) is 6.54. The summed E-state index contributed by atoms with van der Waals surface area (Å²) < 4.78 is 0. The van der Waals surface area contributed by atoms with Crippen LogP contribution in [0, 0.1) is 10.1 Å². The van der Waals surface area contributed by atoms with Gasteiger partial charge in [0.15, 0.2) is 0 Å². The number of nitrogen functional groups attached to an aromatic ring is 1. The molecule has 1 unspecified atom stereocenters. The van der Waals surface area contributed by atoms with Crippen LogP contribution in [-0.2, 0) is 0 Å². The van der Waals surface area contributed by atoms with Gasteiger partial charge in [-0.15, -0.1) is 0 Å². The Morgan fingerprint density at radius 1 is 1.60 bits per heavy atom. The lowest BCUT2D eigenvalue weighted by Crippen LogP contribution is -2.40. The van der Waals surface area contributed by atoms with E-state index in [1.54, 1.807) is 0 Å². The van der Waals surface area contributed by atoms with Crippen LogP contribution < -0.4 is 16.6 Å². The molecular formula is C11H19N7O2. The maximum absolute atomic E-state index is 11.0. The molecule has 0 saturated carbocycles. The van der Waals surface area contributed by atoms with Gasteiger partial charge in [-0.1, -0.05) is 6.42 Å². The number of likely N-dealkylation sites (tertiary alicyclic amines) is 1. The van der Waals surface area contributed by atoms with Crippen molar-refractivity contribution in [2.24, 2.45) is 5.84 Å². The second kappa shape index (κ2) is 6.44. The van der Waals surface area contributed by atoms with Crippen LogP contribution in [0.3, 0.4) is 0 Å². The molecule has 9 nitrogen and oxygen atoms in total. The Kier molecular flexibility index (Phi) is 4.64. The van der Waals surface area contributed by atoms with E-state index in [4.69, 9.17) is 5.84 Å². The van der Waals surface area contributed by atoms with Crippen LogP contribution in [0.15, 0.2) is 6.20 Å². The van der Waals surface area contributed by atoms with E-state index in [2.05, 4.69) is 32.7 Å². The molecule has 1 fully saturated rings. The standard InChI is InChI=1S/C11H19N7O2/c1-17-5-3-2-4-8(17)6-13-10-9(18(19)20)7-14-11(15-10)16-12/h7-8H,2-6,12H2,1H3,(H2,13,14,15,16). The molecule has 1 saturated heterocycles. The van der Waals surface area contributed by atoms with Crippen molar-refractivity contribution in [3.8, 4) is 0 Å². The van der Waals surface area contributed by atoms with E-state index >= 15 is 0 Å². The zero-order valence-corrected chi connectivity index (χ0v) is 11.4. The van der Waals surface area contributed by atoms with Gasteiger partial charge in [0.25, 0.3) is 0 Å². The third-order valence-electron chi connectivity index (χ3n) is 3.52. The quantitative estimate of drug-likeness (QED) is 0.406. The molecule has 2 rings (SSSR count). The molecule has 0 aromatic carbocycles. The fraction of sp³-hybridized carbons (Fsp3) is 0.636. The Morgan fingerprint density at radius 2 is 2.40 bits per heavy atom. The molecule has 4 N–H and O–H groups in total. The Hall–Kier alpha value is -2.00. The van der Waals surface area contributed by atoms with E-state index in [-0.39, 0.29) is 17.5 Å². The average Bonchev–Trinajstić information content (AvgIpc) is 2.46. The molecular weight excluding hydrogens is 262 g/mol. The minimum Gasteiger partial charge on any atom is -0.363 e. The van der Waals surface area contributed by atoms with Crippen molar-refractivity contribution in [3.05, 3.63) is 16.3 Å². The zero-order chi connectivity index (χ0) is 14.5. The highest BCUT2D eigenvalue weighted by Crippen LogP contribution is 2.23. The molecule has 0 radical (unpaired) electrons. The molecule has 9 heteroatoms. The molecule has 0 bridgehead atoms. The van der Waals surface area contributed by atoms with Crippen LogP contribution >= 0.6 is 0 Å². The number of hydrazine groups is 1. The maximum atomic E-state index is 11.0. The van der Waals surface area contributed by atoms with E-state index in [0.29, 0.717) is 12.6 Å². The SMILES string of the molecule is CN1CCCCC1CNc1nc(NN)ncc1[N+](=O)[O-]. The lowest BCUT2D eigenvalue weighted by atomic mass is 10.0. The van der Waals surface area contributed by atoms with Crippen molar-refractivity contribution in [3.63, 3.8) is 0 Å². The van der Waals surface area contributed by atoms with Crippen molar-refractivity contribution in [2.75, 3.05) is 30.9 Å². The number of anilines is 2. The van der Waals surface area contributed by atoms with Crippen molar-refractivity contribution >= 4 is 17.5 Å². The van der Waals surface area contributed by atoms with Gasteiger partial charge in [0.2, 0.25) is 11.8 Å². The molecule has 1 aromatic rings. The zero-order valence-electron chi connectivity index (χ0n) is 11.4. The van der Waals surface area contributed by atoms with Gasteiger partial charge in [-0.05, 0) is 26.4 Å². The molecule has 0 spiro atoms. The normalized spacial score (nSPS) is 19.6. The molecule has 20 heavy (non-hydrogen) atoms. The van der Waals surface area contributed by atoms with Gasteiger partial charge >= 0.3 is 5.69 Å². The molecule has 0 amide bonds. The second-order valence-corrected chi connectivity index (χ2v) is 4.84. The van der Waals surface area contributed by atoms with E-state index in [1.807, 2.05) is 0 Å². The predicted molar refractivity (Wildman–Crippen MR) is 75.3 cm³/mol.